The molecule has 4 aromatic carbocycles. The smallest absolute Gasteiger partial charge is 0.248 e. The number of imidazole rings is 1. The van der Waals surface area contributed by atoms with E-state index >= 15 is 0 Å². The van der Waals surface area contributed by atoms with Crippen LogP contribution in [0.25, 0.3) is 34.6 Å². The quantitative estimate of drug-likeness (QED) is 0.229. The molecule has 0 radical (unpaired) electrons. The molecule has 0 fully saturated rings. The number of rotatable bonds is 7. The Morgan fingerprint density at radius 2 is 1.24 bits per heavy atom. The molecule has 0 aliphatic carbocycles. The zero-order chi connectivity index (χ0) is 25.5. The molecule has 0 bridgehead atoms. The summed E-state index contributed by atoms with van der Waals surface area (Å²) in [6.45, 7) is 0. The summed E-state index contributed by atoms with van der Waals surface area (Å²) in [5.74, 6) is 0.235. The zero-order valence-corrected chi connectivity index (χ0v) is 19.9. The van der Waals surface area contributed by atoms with E-state index in [1.165, 1.54) is 12.2 Å². The SMILES string of the molecule is O=C(/C=C/c1ccccc1)Nc1cccc(-c2nc3ccc(NC(=O)/C=C/c4ccccc4)cc3[nH]2)c1. The Kier molecular flexibility index (Phi) is 6.99. The van der Waals surface area contributed by atoms with Crippen molar-refractivity contribution in [3.63, 3.8) is 0 Å². The molecule has 0 atom stereocenters. The van der Waals surface area contributed by atoms with Crippen LogP contribution in [0.2, 0.25) is 0 Å². The third-order valence-corrected chi connectivity index (χ3v) is 5.61. The van der Waals surface area contributed by atoms with Gasteiger partial charge in [0.15, 0.2) is 0 Å². The van der Waals surface area contributed by atoms with Gasteiger partial charge < -0.3 is 15.6 Å². The van der Waals surface area contributed by atoms with E-state index in [4.69, 9.17) is 0 Å². The Labute approximate surface area is 214 Å². The average Bonchev–Trinajstić information content (AvgIpc) is 3.36. The summed E-state index contributed by atoms with van der Waals surface area (Å²) in [5.41, 5.74) is 5.63. The van der Waals surface area contributed by atoms with Crippen molar-refractivity contribution in [3.05, 3.63) is 126 Å². The predicted molar refractivity (Wildman–Crippen MR) is 150 cm³/mol. The number of nitrogens with one attached hydrogen (secondary N) is 3. The second kappa shape index (κ2) is 11.0. The van der Waals surface area contributed by atoms with Crippen LogP contribution in [-0.2, 0) is 9.59 Å². The van der Waals surface area contributed by atoms with Crippen LogP contribution in [0.4, 0.5) is 11.4 Å². The van der Waals surface area contributed by atoms with Gasteiger partial charge in [0.05, 0.1) is 11.0 Å². The van der Waals surface area contributed by atoms with E-state index in [-0.39, 0.29) is 11.8 Å². The number of benzene rings is 4. The minimum absolute atomic E-state index is 0.215. The maximum absolute atomic E-state index is 12.4. The summed E-state index contributed by atoms with van der Waals surface area (Å²) in [5, 5.41) is 5.77. The van der Waals surface area contributed by atoms with Crippen LogP contribution < -0.4 is 10.6 Å². The van der Waals surface area contributed by atoms with Gasteiger partial charge in [-0.25, -0.2) is 4.98 Å². The van der Waals surface area contributed by atoms with Gasteiger partial charge >= 0.3 is 0 Å². The fraction of sp³-hybridized carbons (Fsp3) is 0. The molecule has 0 saturated heterocycles. The van der Waals surface area contributed by atoms with Gasteiger partial charge in [0.25, 0.3) is 0 Å². The van der Waals surface area contributed by atoms with E-state index in [2.05, 4.69) is 20.6 Å². The van der Waals surface area contributed by atoms with Crippen LogP contribution in [0.3, 0.4) is 0 Å². The van der Waals surface area contributed by atoms with E-state index in [0.29, 0.717) is 17.2 Å². The molecule has 0 saturated carbocycles. The Balaban J connectivity index is 1.27. The maximum atomic E-state index is 12.4. The Bertz CT molecular complexity index is 1600. The Morgan fingerprint density at radius 3 is 1.86 bits per heavy atom. The minimum atomic E-state index is -0.215. The van der Waals surface area contributed by atoms with Crippen LogP contribution in [0.1, 0.15) is 11.1 Å². The number of nitrogens with zero attached hydrogens (tertiary/aromatic N) is 1. The van der Waals surface area contributed by atoms with Gasteiger partial charge in [-0.15, -0.1) is 0 Å². The molecule has 5 rings (SSSR count). The highest BCUT2D eigenvalue weighted by Gasteiger charge is 2.08. The van der Waals surface area contributed by atoms with Gasteiger partial charge in [0.1, 0.15) is 5.82 Å². The topological polar surface area (TPSA) is 86.9 Å². The Hall–Kier alpha value is -5.23. The van der Waals surface area contributed by atoms with Gasteiger partial charge in [0.2, 0.25) is 11.8 Å². The first-order chi connectivity index (χ1) is 18.1. The van der Waals surface area contributed by atoms with Crippen molar-refractivity contribution < 1.29 is 9.59 Å². The van der Waals surface area contributed by atoms with Crippen molar-refractivity contribution in [3.8, 4) is 11.4 Å². The molecule has 5 aromatic rings. The third-order valence-electron chi connectivity index (χ3n) is 5.61. The summed E-state index contributed by atoms with van der Waals surface area (Å²) >= 11 is 0. The van der Waals surface area contributed by atoms with Crippen molar-refractivity contribution in [2.24, 2.45) is 0 Å². The lowest BCUT2D eigenvalue weighted by Gasteiger charge is -2.04. The minimum Gasteiger partial charge on any atom is -0.338 e. The number of aromatic amines is 1. The van der Waals surface area contributed by atoms with Crippen LogP contribution in [0.15, 0.2) is 115 Å². The number of H-pyrrole nitrogens is 1. The molecule has 2 amide bonds. The van der Waals surface area contributed by atoms with Crippen LogP contribution in [0.5, 0.6) is 0 Å². The van der Waals surface area contributed by atoms with Crippen molar-refractivity contribution in [2.75, 3.05) is 10.6 Å². The van der Waals surface area contributed by atoms with Crippen molar-refractivity contribution in [2.45, 2.75) is 0 Å². The first kappa shape index (κ1) is 23.5. The Morgan fingerprint density at radius 1 is 0.649 bits per heavy atom. The highest BCUT2D eigenvalue weighted by Crippen LogP contribution is 2.25. The van der Waals surface area contributed by atoms with Crippen LogP contribution >= 0.6 is 0 Å². The zero-order valence-electron chi connectivity index (χ0n) is 19.9. The van der Waals surface area contributed by atoms with Gasteiger partial charge in [0, 0.05) is 29.1 Å². The second-order valence-electron chi connectivity index (χ2n) is 8.36. The molecule has 0 aliphatic heterocycles. The van der Waals surface area contributed by atoms with Crippen LogP contribution in [-0.4, -0.2) is 21.8 Å². The van der Waals surface area contributed by atoms with E-state index in [0.717, 1.165) is 27.7 Å². The van der Waals surface area contributed by atoms with Gasteiger partial charge in [-0.05, 0) is 53.6 Å². The molecule has 1 heterocycles. The molecule has 6 heteroatoms. The lowest BCUT2D eigenvalue weighted by Crippen LogP contribution is -2.07. The number of aromatic nitrogens is 2. The molecular formula is C31H24N4O2. The lowest BCUT2D eigenvalue weighted by atomic mass is 10.2. The molecule has 37 heavy (non-hydrogen) atoms. The molecular weight excluding hydrogens is 460 g/mol. The largest absolute Gasteiger partial charge is 0.338 e. The van der Waals surface area contributed by atoms with Crippen molar-refractivity contribution >= 4 is 46.4 Å². The van der Waals surface area contributed by atoms with E-state index < -0.39 is 0 Å². The number of hydrogen-bond acceptors (Lipinski definition) is 3. The van der Waals surface area contributed by atoms with E-state index in [1.54, 1.807) is 12.2 Å². The first-order valence-corrected chi connectivity index (χ1v) is 11.8. The number of carbonyl (C=O) groups excluding carboxylic acids is 2. The standard InChI is InChI=1S/C31H24N4O2/c36-29(18-14-22-8-3-1-4-9-22)32-25-13-7-12-24(20-25)31-34-27-17-16-26(21-28(27)35-31)33-30(37)19-15-23-10-5-2-6-11-23/h1-21H,(H,32,36)(H,33,37)(H,34,35)/b18-14+,19-15+. The summed E-state index contributed by atoms with van der Waals surface area (Å²) in [6.07, 6.45) is 6.55. The lowest BCUT2D eigenvalue weighted by molar-refractivity contribution is -0.112. The normalized spacial score (nSPS) is 11.2. The van der Waals surface area contributed by atoms with Crippen molar-refractivity contribution in [1.29, 1.82) is 0 Å². The van der Waals surface area contributed by atoms with Crippen molar-refractivity contribution in [1.82, 2.24) is 9.97 Å². The molecule has 0 unspecified atom stereocenters. The third kappa shape index (κ3) is 6.26. The molecule has 1 aromatic heterocycles. The monoisotopic (exact) mass is 484 g/mol. The molecule has 0 aliphatic rings. The number of hydrogen-bond donors (Lipinski definition) is 3. The second-order valence-corrected chi connectivity index (χ2v) is 8.36. The predicted octanol–water partition coefficient (Wildman–Crippen LogP) is 6.53. The maximum Gasteiger partial charge on any atom is 0.248 e. The number of amides is 2. The summed E-state index contributed by atoms with van der Waals surface area (Å²) in [4.78, 5) is 32.7. The van der Waals surface area contributed by atoms with E-state index in [9.17, 15) is 9.59 Å². The number of carbonyl (C=O) groups is 2. The average molecular weight is 485 g/mol. The summed E-state index contributed by atoms with van der Waals surface area (Å²) < 4.78 is 0. The van der Waals surface area contributed by atoms with Gasteiger partial charge in [-0.1, -0.05) is 72.8 Å². The van der Waals surface area contributed by atoms with Gasteiger partial charge in [-0.2, -0.15) is 0 Å². The van der Waals surface area contributed by atoms with Crippen LogP contribution in [0, 0.1) is 0 Å². The molecule has 0 spiro atoms. The highest BCUT2D eigenvalue weighted by atomic mass is 16.2. The molecule has 6 nitrogen and oxygen atoms in total. The summed E-state index contributed by atoms with van der Waals surface area (Å²) in [7, 11) is 0. The fourth-order valence-corrected chi connectivity index (χ4v) is 3.81. The fourth-order valence-electron chi connectivity index (χ4n) is 3.81. The summed E-state index contributed by atoms with van der Waals surface area (Å²) in [6, 6.07) is 32.3. The van der Waals surface area contributed by atoms with Gasteiger partial charge in [-0.3, -0.25) is 9.59 Å². The number of fused-ring (bicyclic) bond motifs is 1. The molecule has 180 valence electrons. The highest BCUT2D eigenvalue weighted by molar-refractivity contribution is 6.03. The molecule has 3 N–H and O–H groups in total. The first-order valence-electron chi connectivity index (χ1n) is 11.8. The van der Waals surface area contributed by atoms with E-state index in [1.807, 2.05) is 103 Å². The number of anilines is 2.